The van der Waals surface area contributed by atoms with Crippen molar-refractivity contribution in [2.24, 2.45) is 7.05 Å². The molecule has 24 heavy (non-hydrogen) atoms. The molecule has 0 spiro atoms. The van der Waals surface area contributed by atoms with Crippen LogP contribution in [-0.2, 0) is 17.2 Å². The lowest BCUT2D eigenvalue weighted by atomic mass is 9.93. The van der Waals surface area contributed by atoms with Gasteiger partial charge in [0.25, 0.3) is 5.56 Å². The SMILES string of the molecule is COCC(C)(C)c1nc(-c2ccc[nH]c2=O)nn1-c1ccnn1C. The van der Waals surface area contributed by atoms with Crippen LogP contribution < -0.4 is 5.56 Å². The maximum atomic E-state index is 12.1. The number of nitrogens with zero attached hydrogens (tertiary/aromatic N) is 5. The average Bonchev–Trinajstić information content (AvgIpc) is 3.14. The number of aromatic amines is 1. The van der Waals surface area contributed by atoms with Crippen molar-refractivity contribution in [3.8, 4) is 17.2 Å². The lowest BCUT2D eigenvalue weighted by Crippen LogP contribution is -2.28. The number of hydrogen-bond donors (Lipinski definition) is 1. The normalized spacial score (nSPS) is 11.8. The largest absolute Gasteiger partial charge is 0.384 e. The fourth-order valence-corrected chi connectivity index (χ4v) is 2.62. The van der Waals surface area contributed by atoms with Crippen LogP contribution >= 0.6 is 0 Å². The molecule has 3 rings (SSSR count). The Balaban J connectivity index is 2.22. The molecule has 0 amide bonds. The first kappa shape index (κ1) is 16.1. The maximum Gasteiger partial charge on any atom is 0.259 e. The third kappa shape index (κ3) is 2.76. The monoisotopic (exact) mass is 328 g/mol. The molecule has 0 aliphatic heterocycles. The third-order valence-corrected chi connectivity index (χ3v) is 3.79. The standard InChI is InChI=1S/C16H20N6O2/c1-16(2,10-24-4)15-19-13(11-6-5-8-17-14(11)23)20-22(15)12-7-9-18-21(12)3/h5-9H,10H2,1-4H3,(H,17,23). The van der Waals surface area contributed by atoms with Crippen LogP contribution in [0.5, 0.6) is 0 Å². The number of aromatic nitrogens is 6. The molecule has 8 heteroatoms. The highest BCUT2D eigenvalue weighted by Gasteiger charge is 2.30. The molecule has 0 radical (unpaired) electrons. The van der Waals surface area contributed by atoms with E-state index in [-0.39, 0.29) is 5.56 Å². The number of rotatable bonds is 5. The molecule has 3 heterocycles. The number of H-pyrrole nitrogens is 1. The van der Waals surface area contributed by atoms with Crippen molar-refractivity contribution in [1.82, 2.24) is 29.5 Å². The zero-order valence-corrected chi connectivity index (χ0v) is 14.1. The molecule has 1 N–H and O–H groups in total. The highest BCUT2D eigenvalue weighted by molar-refractivity contribution is 5.53. The van der Waals surface area contributed by atoms with Crippen LogP contribution in [0.4, 0.5) is 0 Å². The summed E-state index contributed by atoms with van der Waals surface area (Å²) < 4.78 is 8.76. The second-order valence-electron chi connectivity index (χ2n) is 6.21. The molecule has 0 atom stereocenters. The van der Waals surface area contributed by atoms with E-state index in [9.17, 15) is 4.79 Å². The van der Waals surface area contributed by atoms with E-state index in [4.69, 9.17) is 4.74 Å². The van der Waals surface area contributed by atoms with Crippen molar-refractivity contribution in [3.05, 3.63) is 46.8 Å². The van der Waals surface area contributed by atoms with E-state index in [1.54, 1.807) is 41.0 Å². The van der Waals surface area contributed by atoms with Crippen LogP contribution in [0, 0.1) is 0 Å². The molecule has 3 aromatic rings. The van der Waals surface area contributed by atoms with Crippen LogP contribution in [0.1, 0.15) is 19.7 Å². The van der Waals surface area contributed by atoms with Gasteiger partial charge in [-0.3, -0.25) is 9.48 Å². The van der Waals surface area contributed by atoms with E-state index in [0.717, 1.165) is 5.82 Å². The molecule has 8 nitrogen and oxygen atoms in total. The third-order valence-electron chi connectivity index (χ3n) is 3.79. The molecular weight excluding hydrogens is 308 g/mol. The number of methoxy groups -OCH3 is 1. The molecule has 0 saturated carbocycles. The summed E-state index contributed by atoms with van der Waals surface area (Å²) in [4.78, 5) is 19.4. The van der Waals surface area contributed by atoms with E-state index in [0.29, 0.717) is 23.8 Å². The summed E-state index contributed by atoms with van der Waals surface area (Å²) in [5, 5.41) is 8.75. The number of pyridine rings is 1. The first-order chi connectivity index (χ1) is 11.4. The lowest BCUT2D eigenvalue weighted by Gasteiger charge is -2.22. The van der Waals surface area contributed by atoms with E-state index < -0.39 is 5.41 Å². The average molecular weight is 328 g/mol. The smallest absolute Gasteiger partial charge is 0.259 e. The van der Waals surface area contributed by atoms with Gasteiger partial charge in [0.2, 0.25) is 0 Å². The predicted octanol–water partition coefficient (Wildman–Crippen LogP) is 1.28. The summed E-state index contributed by atoms with van der Waals surface area (Å²) >= 11 is 0. The Kier molecular flexibility index (Phi) is 4.06. The minimum atomic E-state index is -0.397. The minimum Gasteiger partial charge on any atom is -0.384 e. The summed E-state index contributed by atoms with van der Waals surface area (Å²) in [5.74, 6) is 1.84. The molecule has 0 aliphatic rings. The summed E-state index contributed by atoms with van der Waals surface area (Å²) in [5.41, 5.74) is -0.199. The maximum absolute atomic E-state index is 12.1. The molecule has 126 valence electrons. The molecule has 0 aromatic carbocycles. The molecule has 0 saturated heterocycles. The lowest BCUT2D eigenvalue weighted by molar-refractivity contribution is 0.141. The highest BCUT2D eigenvalue weighted by atomic mass is 16.5. The van der Waals surface area contributed by atoms with Crippen molar-refractivity contribution in [1.29, 1.82) is 0 Å². The molecule has 3 aromatic heterocycles. The topological polar surface area (TPSA) is 90.6 Å². The number of nitrogens with one attached hydrogen (secondary N) is 1. The molecule has 0 fully saturated rings. The van der Waals surface area contributed by atoms with Gasteiger partial charge in [0.05, 0.1) is 18.4 Å². The van der Waals surface area contributed by atoms with Crippen LogP contribution in [0.25, 0.3) is 17.2 Å². The van der Waals surface area contributed by atoms with Crippen molar-refractivity contribution in [3.63, 3.8) is 0 Å². The van der Waals surface area contributed by atoms with Crippen molar-refractivity contribution < 1.29 is 4.74 Å². The summed E-state index contributed by atoms with van der Waals surface area (Å²) in [6.07, 6.45) is 3.28. The molecular formula is C16H20N6O2. The van der Waals surface area contributed by atoms with Gasteiger partial charge < -0.3 is 9.72 Å². The number of aryl methyl sites for hydroxylation is 1. The highest BCUT2D eigenvalue weighted by Crippen LogP contribution is 2.26. The predicted molar refractivity (Wildman–Crippen MR) is 89.1 cm³/mol. The Bertz CT molecular complexity index is 905. The first-order valence-electron chi connectivity index (χ1n) is 7.57. The van der Waals surface area contributed by atoms with Gasteiger partial charge in [-0.1, -0.05) is 13.8 Å². The molecule has 0 bridgehead atoms. The van der Waals surface area contributed by atoms with Crippen LogP contribution in [0.15, 0.2) is 35.4 Å². The van der Waals surface area contributed by atoms with Crippen molar-refractivity contribution in [2.45, 2.75) is 19.3 Å². The number of ether oxygens (including phenoxy) is 1. The van der Waals surface area contributed by atoms with E-state index in [2.05, 4.69) is 20.2 Å². The van der Waals surface area contributed by atoms with Gasteiger partial charge in [-0.15, -0.1) is 5.10 Å². The van der Waals surface area contributed by atoms with Crippen LogP contribution in [0.3, 0.4) is 0 Å². The Labute approximate surface area is 139 Å². The van der Waals surface area contributed by atoms with Gasteiger partial charge in [0.15, 0.2) is 11.6 Å². The van der Waals surface area contributed by atoms with Crippen molar-refractivity contribution in [2.75, 3.05) is 13.7 Å². The van der Waals surface area contributed by atoms with Gasteiger partial charge in [0.1, 0.15) is 5.82 Å². The molecule has 0 aliphatic carbocycles. The van der Waals surface area contributed by atoms with Gasteiger partial charge in [-0.2, -0.15) is 9.78 Å². The van der Waals surface area contributed by atoms with Gasteiger partial charge in [-0.25, -0.2) is 4.98 Å². The Morgan fingerprint density at radius 2 is 2.12 bits per heavy atom. The van der Waals surface area contributed by atoms with E-state index >= 15 is 0 Å². The van der Waals surface area contributed by atoms with Crippen molar-refractivity contribution >= 4 is 0 Å². The fraction of sp³-hybridized carbons (Fsp3) is 0.375. The fourth-order valence-electron chi connectivity index (χ4n) is 2.62. The summed E-state index contributed by atoms with van der Waals surface area (Å²) in [6, 6.07) is 5.30. The van der Waals surface area contributed by atoms with Crippen LogP contribution in [0.2, 0.25) is 0 Å². The Morgan fingerprint density at radius 1 is 1.33 bits per heavy atom. The second kappa shape index (κ2) is 6.04. The first-order valence-corrected chi connectivity index (χ1v) is 7.57. The van der Waals surface area contributed by atoms with E-state index in [1.807, 2.05) is 27.0 Å². The zero-order chi connectivity index (χ0) is 17.3. The summed E-state index contributed by atoms with van der Waals surface area (Å²) in [7, 11) is 3.48. The Morgan fingerprint density at radius 3 is 2.75 bits per heavy atom. The minimum absolute atomic E-state index is 0.226. The second-order valence-corrected chi connectivity index (χ2v) is 6.21. The van der Waals surface area contributed by atoms with Gasteiger partial charge in [-0.05, 0) is 12.1 Å². The number of hydrogen-bond acceptors (Lipinski definition) is 5. The summed E-state index contributed by atoms with van der Waals surface area (Å²) in [6.45, 7) is 4.51. The van der Waals surface area contributed by atoms with Crippen LogP contribution in [-0.4, -0.2) is 43.2 Å². The Hall–Kier alpha value is -2.74. The zero-order valence-electron chi connectivity index (χ0n) is 14.1. The van der Waals surface area contributed by atoms with Gasteiger partial charge in [0, 0.05) is 31.8 Å². The molecule has 0 unspecified atom stereocenters. The quantitative estimate of drug-likeness (QED) is 0.762. The van der Waals surface area contributed by atoms with E-state index in [1.165, 1.54) is 0 Å². The van der Waals surface area contributed by atoms with Gasteiger partial charge >= 0.3 is 0 Å².